The first-order valence-corrected chi connectivity index (χ1v) is 8.41. The van der Waals surface area contributed by atoms with E-state index in [4.69, 9.17) is 11.6 Å². The van der Waals surface area contributed by atoms with Crippen LogP contribution >= 0.6 is 11.6 Å². The van der Waals surface area contributed by atoms with Crippen LogP contribution in [0.3, 0.4) is 0 Å². The molecular formula is C17H28ClN3. The Bertz CT molecular complexity index is 440. The van der Waals surface area contributed by atoms with Gasteiger partial charge >= 0.3 is 0 Å². The van der Waals surface area contributed by atoms with Gasteiger partial charge in [-0.2, -0.15) is 0 Å². The van der Waals surface area contributed by atoms with Crippen LogP contribution in [0.4, 0.5) is 11.4 Å². The number of anilines is 2. The molecule has 0 radical (unpaired) electrons. The molecule has 2 unspecified atom stereocenters. The van der Waals surface area contributed by atoms with Gasteiger partial charge in [-0.25, -0.2) is 0 Å². The lowest BCUT2D eigenvalue weighted by Gasteiger charge is -2.25. The zero-order valence-electron chi connectivity index (χ0n) is 13.5. The number of hydrogen-bond donors (Lipinski definition) is 2. The van der Waals surface area contributed by atoms with Crippen molar-refractivity contribution >= 4 is 23.0 Å². The van der Waals surface area contributed by atoms with E-state index in [-0.39, 0.29) is 0 Å². The Balaban J connectivity index is 1.99. The average Bonchev–Trinajstić information content (AvgIpc) is 2.66. The normalized spacial score (nSPS) is 20.7. The Labute approximate surface area is 134 Å². The van der Waals surface area contributed by atoms with Crippen molar-refractivity contribution in [1.29, 1.82) is 0 Å². The second-order valence-electron chi connectivity index (χ2n) is 6.31. The van der Waals surface area contributed by atoms with E-state index in [0.717, 1.165) is 29.4 Å². The number of rotatable bonds is 5. The van der Waals surface area contributed by atoms with Gasteiger partial charge < -0.3 is 15.5 Å². The molecule has 4 heteroatoms. The smallest absolute Gasteiger partial charge is 0.0786 e. The molecule has 2 N–H and O–H groups in total. The fourth-order valence-corrected chi connectivity index (χ4v) is 3.48. The van der Waals surface area contributed by atoms with Crippen LogP contribution in [0.2, 0.25) is 5.02 Å². The lowest BCUT2D eigenvalue weighted by molar-refractivity contribution is 0.456. The van der Waals surface area contributed by atoms with Gasteiger partial charge in [-0.05, 0) is 44.9 Å². The highest BCUT2D eigenvalue weighted by Gasteiger charge is 2.16. The van der Waals surface area contributed by atoms with E-state index in [1.54, 1.807) is 0 Å². The molecule has 0 saturated carbocycles. The Morgan fingerprint density at radius 3 is 2.90 bits per heavy atom. The first kappa shape index (κ1) is 16.4. The van der Waals surface area contributed by atoms with Gasteiger partial charge in [0.2, 0.25) is 0 Å². The molecule has 2 atom stereocenters. The number of hydrogen-bond acceptors (Lipinski definition) is 3. The van der Waals surface area contributed by atoms with Gasteiger partial charge in [0.1, 0.15) is 0 Å². The number of nitrogens with zero attached hydrogens (tertiary/aromatic N) is 1. The lowest BCUT2D eigenvalue weighted by Crippen LogP contribution is -2.33. The predicted molar refractivity (Wildman–Crippen MR) is 93.7 cm³/mol. The molecule has 1 aliphatic rings. The molecule has 1 aromatic rings. The Morgan fingerprint density at radius 2 is 2.14 bits per heavy atom. The number of halogens is 1. The molecule has 21 heavy (non-hydrogen) atoms. The zero-order valence-corrected chi connectivity index (χ0v) is 14.2. The molecule has 1 aliphatic heterocycles. The van der Waals surface area contributed by atoms with Crippen LogP contribution in [0.1, 0.15) is 39.0 Å². The minimum Gasteiger partial charge on any atom is -0.381 e. The van der Waals surface area contributed by atoms with E-state index in [9.17, 15) is 0 Å². The number of para-hydroxylation sites is 1. The summed E-state index contributed by atoms with van der Waals surface area (Å²) in [5, 5.41) is 8.10. The van der Waals surface area contributed by atoms with Crippen LogP contribution in [0, 0.1) is 0 Å². The van der Waals surface area contributed by atoms with Crippen molar-refractivity contribution < 1.29 is 0 Å². The molecule has 0 spiro atoms. The van der Waals surface area contributed by atoms with Crippen LogP contribution in [0.5, 0.6) is 0 Å². The van der Waals surface area contributed by atoms with E-state index in [1.165, 1.54) is 25.7 Å². The summed E-state index contributed by atoms with van der Waals surface area (Å²) in [4.78, 5) is 2.07. The van der Waals surface area contributed by atoms with Crippen molar-refractivity contribution in [3.63, 3.8) is 0 Å². The van der Waals surface area contributed by atoms with Gasteiger partial charge in [-0.15, -0.1) is 0 Å². The maximum absolute atomic E-state index is 6.33. The van der Waals surface area contributed by atoms with Crippen LogP contribution in [0.25, 0.3) is 0 Å². The third-order valence-corrected chi connectivity index (χ3v) is 4.44. The van der Waals surface area contributed by atoms with Crippen molar-refractivity contribution in [2.24, 2.45) is 0 Å². The van der Waals surface area contributed by atoms with Gasteiger partial charge in [0.05, 0.1) is 16.4 Å². The first-order chi connectivity index (χ1) is 10.1. The molecule has 1 fully saturated rings. The quantitative estimate of drug-likeness (QED) is 0.856. The highest BCUT2D eigenvalue weighted by atomic mass is 35.5. The summed E-state index contributed by atoms with van der Waals surface area (Å²) in [6.45, 7) is 3.42. The molecular weight excluding hydrogens is 282 g/mol. The van der Waals surface area contributed by atoms with Crippen molar-refractivity contribution in [3.8, 4) is 0 Å². The standard InChI is InChI=1S/C17H28ClN3/c1-13(12-14-8-5-4-6-11-19-14)20-16-10-7-9-15(18)17(16)21(2)3/h7,9-10,13-14,19-20H,4-6,8,11-12H2,1-3H3. The highest BCUT2D eigenvalue weighted by molar-refractivity contribution is 6.34. The number of benzene rings is 1. The van der Waals surface area contributed by atoms with Crippen LogP contribution in [0.15, 0.2) is 18.2 Å². The molecule has 2 rings (SSSR count). The van der Waals surface area contributed by atoms with E-state index < -0.39 is 0 Å². The Hall–Kier alpha value is -0.930. The summed E-state index contributed by atoms with van der Waals surface area (Å²) in [6.07, 6.45) is 6.48. The molecule has 0 amide bonds. The van der Waals surface area contributed by atoms with Crippen molar-refractivity contribution in [3.05, 3.63) is 23.2 Å². The topological polar surface area (TPSA) is 27.3 Å². The van der Waals surface area contributed by atoms with Gasteiger partial charge in [0, 0.05) is 26.2 Å². The largest absolute Gasteiger partial charge is 0.381 e. The molecule has 1 aromatic carbocycles. The highest BCUT2D eigenvalue weighted by Crippen LogP contribution is 2.33. The third-order valence-electron chi connectivity index (χ3n) is 4.14. The Morgan fingerprint density at radius 1 is 1.33 bits per heavy atom. The van der Waals surface area contributed by atoms with Gasteiger partial charge in [-0.3, -0.25) is 0 Å². The van der Waals surface area contributed by atoms with Crippen molar-refractivity contribution in [2.75, 3.05) is 30.9 Å². The maximum Gasteiger partial charge on any atom is 0.0786 e. The first-order valence-electron chi connectivity index (χ1n) is 8.03. The van der Waals surface area contributed by atoms with E-state index in [2.05, 4.69) is 28.5 Å². The van der Waals surface area contributed by atoms with Crippen LogP contribution in [-0.2, 0) is 0 Å². The minimum absolute atomic E-state index is 0.428. The second kappa shape index (κ2) is 7.90. The fraction of sp³-hybridized carbons (Fsp3) is 0.647. The summed E-state index contributed by atoms with van der Waals surface area (Å²) in [6, 6.07) is 7.13. The van der Waals surface area contributed by atoms with Gasteiger partial charge in [-0.1, -0.05) is 30.5 Å². The Kier molecular flexibility index (Phi) is 6.19. The molecule has 3 nitrogen and oxygen atoms in total. The van der Waals surface area contributed by atoms with E-state index in [1.807, 2.05) is 26.2 Å². The van der Waals surface area contributed by atoms with E-state index >= 15 is 0 Å². The molecule has 118 valence electrons. The van der Waals surface area contributed by atoms with E-state index in [0.29, 0.717) is 12.1 Å². The second-order valence-corrected chi connectivity index (χ2v) is 6.72. The lowest BCUT2D eigenvalue weighted by atomic mass is 10.0. The SMILES string of the molecule is CC(CC1CCCCCN1)Nc1cccc(Cl)c1N(C)C. The molecule has 1 heterocycles. The molecule has 0 aromatic heterocycles. The molecule has 0 bridgehead atoms. The summed E-state index contributed by atoms with van der Waals surface area (Å²) in [5.74, 6) is 0. The fourth-order valence-electron chi connectivity index (χ4n) is 3.14. The summed E-state index contributed by atoms with van der Waals surface area (Å²) >= 11 is 6.33. The van der Waals surface area contributed by atoms with Gasteiger partial charge in [0.15, 0.2) is 0 Å². The summed E-state index contributed by atoms with van der Waals surface area (Å²) in [7, 11) is 4.06. The maximum atomic E-state index is 6.33. The summed E-state index contributed by atoms with van der Waals surface area (Å²) < 4.78 is 0. The van der Waals surface area contributed by atoms with Crippen LogP contribution in [-0.4, -0.2) is 32.7 Å². The minimum atomic E-state index is 0.428. The zero-order chi connectivity index (χ0) is 15.2. The monoisotopic (exact) mass is 309 g/mol. The summed E-state index contributed by atoms with van der Waals surface area (Å²) in [5.41, 5.74) is 2.19. The average molecular weight is 310 g/mol. The van der Waals surface area contributed by atoms with Crippen molar-refractivity contribution in [1.82, 2.24) is 5.32 Å². The molecule has 1 saturated heterocycles. The van der Waals surface area contributed by atoms with Crippen LogP contribution < -0.4 is 15.5 Å². The molecule has 0 aliphatic carbocycles. The third kappa shape index (κ3) is 4.79. The predicted octanol–water partition coefficient (Wildman–Crippen LogP) is 4.13. The van der Waals surface area contributed by atoms with Gasteiger partial charge in [0.25, 0.3) is 0 Å². The van der Waals surface area contributed by atoms with Crippen molar-refractivity contribution in [2.45, 2.75) is 51.1 Å². The number of nitrogens with one attached hydrogen (secondary N) is 2.